The highest BCUT2D eigenvalue weighted by Crippen LogP contribution is 2.08. The average Bonchev–Trinajstić information content (AvgIpc) is 2.09. The molecule has 1 saturated heterocycles. The topological polar surface area (TPSA) is 38.0 Å². The molecule has 11 heavy (non-hydrogen) atoms. The zero-order valence-electron chi connectivity index (χ0n) is 7.64. The van der Waals surface area contributed by atoms with Crippen LogP contribution in [0.4, 0.5) is 0 Å². The van der Waals surface area contributed by atoms with Gasteiger partial charge in [0.2, 0.25) is 0 Å². The SMILES string of the molecule is C=CC1CNCCC1N.CC. The summed E-state index contributed by atoms with van der Waals surface area (Å²) in [5.74, 6) is 0.485. The first-order chi connectivity index (χ1) is 5.34. The lowest BCUT2D eigenvalue weighted by Gasteiger charge is -2.26. The van der Waals surface area contributed by atoms with Gasteiger partial charge in [0.25, 0.3) is 0 Å². The molecule has 2 unspecified atom stereocenters. The highest BCUT2D eigenvalue weighted by Gasteiger charge is 2.17. The number of hydrogen-bond acceptors (Lipinski definition) is 2. The summed E-state index contributed by atoms with van der Waals surface area (Å²) in [6.45, 7) is 9.78. The second kappa shape index (κ2) is 6.38. The normalized spacial score (nSPS) is 30.1. The van der Waals surface area contributed by atoms with E-state index in [-0.39, 0.29) is 0 Å². The fourth-order valence-corrected chi connectivity index (χ4v) is 1.16. The molecule has 0 aromatic heterocycles. The number of hydrogen-bond donors (Lipinski definition) is 2. The van der Waals surface area contributed by atoms with Gasteiger partial charge in [0.1, 0.15) is 0 Å². The predicted octanol–water partition coefficient (Wildman–Crippen LogP) is 1.14. The van der Waals surface area contributed by atoms with Gasteiger partial charge >= 0.3 is 0 Å². The molecule has 0 bridgehead atoms. The Morgan fingerprint density at radius 2 is 2.18 bits per heavy atom. The van der Waals surface area contributed by atoms with Crippen LogP contribution in [0.2, 0.25) is 0 Å². The van der Waals surface area contributed by atoms with Crippen LogP contribution in [0.1, 0.15) is 20.3 Å². The molecule has 1 rings (SSSR count). The Balaban J connectivity index is 0.000000461. The first kappa shape index (κ1) is 10.7. The molecular formula is C9H20N2. The van der Waals surface area contributed by atoms with Crippen LogP contribution in [0.5, 0.6) is 0 Å². The van der Waals surface area contributed by atoms with Crippen LogP contribution >= 0.6 is 0 Å². The third kappa shape index (κ3) is 3.54. The molecule has 0 amide bonds. The molecular weight excluding hydrogens is 136 g/mol. The lowest BCUT2D eigenvalue weighted by Crippen LogP contribution is -2.43. The molecule has 2 atom stereocenters. The first-order valence-electron chi connectivity index (χ1n) is 4.43. The van der Waals surface area contributed by atoms with Crippen LogP contribution < -0.4 is 11.1 Å². The summed E-state index contributed by atoms with van der Waals surface area (Å²) in [6.07, 6.45) is 3.02. The van der Waals surface area contributed by atoms with Gasteiger partial charge in [-0.25, -0.2) is 0 Å². The van der Waals surface area contributed by atoms with Gasteiger partial charge in [0, 0.05) is 18.5 Å². The predicted molar refractivity (Wildman–Crippen MR) is 50.5 cm³/mol. The van der Waals surface area contributed by atoms with Crippen LogP contribution in [-0.2, 0) is 0 Å². The maximum Gasteiger partial charge on any atom is 0.0126 e. The monoisotopic (exact) mass is 156 g/mol. The summed E-state index contributed by atoms with van der Waals surface area (Å²) in [4.78, 5) is 0. The highest BCUT2D eigenvalue weighted by molar-refractivity contribution is 4.91. The number of piperidine rings is 1. The van der Waals surface area contributed by atoms with Crippen molar-refractivity contribution in [1.29, 1.82) is 0 Å². The van der Waals surface area contributed by atoms with Gasteiger partial charge < -0.3 is 11.1 Å². The van der Waals surface area contributed by atoms with Gasteiger partial charge in [-0.3, -0.25) is 0 Å². The number of nitrogens with one attached hydrogen (secondary N) is 1. The first-order valence-corrected chi connectivity index (χ1v) is 4.43. The average molecular weight is 156 g/mol. The number of rotatable bonds is 1. The summed E-state index contributed by atoms with van der Waals surface area (Å²) >= 11 is 0. The summed E-state index contributed by atoms with van der Waals surface area (Å²) in [5.41, 5.74) is 5.78. The molecule has 66 valence electrons. The van der Waals surface area contributed by atoms with Gasteiger partial charge in [-0.2, -0.15) is 0 Å². The molecule has 2 heteroatoms. The zero-order valence-corrected chi connectivity index (χ0v) is 7.64. The Hall–Kier alpha value is -0.340. The van der Waals surface area contributed by atoms with Crippen LogP contribution in [0.15, 0.2) is 12.7 Å². The molecule has 0 spiro atoms. The molecule has 0 saturated carbocycles. The fraction of sp³-hybridized carbons (Fsp3) is 0.778. The molecule has 0 radical (unpaired) electrons. The maximum absolute atomic E-state index is 5.78. The molecule has 0 aliphatic carbocycles. The molecule has 0 aromatic carbocycles. The van der Waals surface area contributed by atoms with Crippen molar-refractivity contribution in [3.63, 3.8) is 0 Å². The minimum atomic E-state index is 0.337. The summed E-state index contributed by atoms with van der Waals surface area (Å²) in [7, 11) is 0. The standard InChI is InChI=1S/C7H14N2.C2H6/c1-2-6-5-9-4-3-7(6)8;1-2/h2,6-7,9H,1,3-5,8H2;1-2H3. The van der Waals surface area contributed by atoms with E-state index in [4.69, 9.17) is 5.73 Å². The Kier molecular flexibility index (Phi) is 6.18. The maximum atomic E-state index is 5.78. The Morgan fingerprint density at radius 1 is 1.55 bits per heavy atom. The largest absolute Gasteiger partial charge is 0.327 e. The van der Waals surface area contributed by atoms with Crippen molar-refractivity contribution in [2.24, 2.45) is 11.7 Å². The summed E-state index contributed by atoms with van der Waals surface area (Å²) in [6, 6.07) is 0.337. The smallest absolute Gasteiger partial charge is 0.0126 e. The van der Waals surface area contributed by atoms with E-state index in [1.54, 1.807) is 0 Å². The Bertz CT molecular complexity index is 102. The van der Waals surface area contributed by atoms with E-state index >= 15 is 0 Å². The van der Waals surface area contributed by atoms with Crippen molar-refractivity contribution in [1.82, 2.24) is 5.32 Å². The molecule has 2 nitrogen and oxygen atoms in total. The Morgan fingerprint density at radius 3 is 2.55 bits per heavy atom. The van der Waals surface area contributed by atoms with E-state index in [2.05, 4.69) is 11.9 Å². The van der Waals surface area contributed by atoms with Crippen molar-refractivity contribution >= 4 is 0 Å². The molecule has 0 aromatic rings. The summed E-state index contributed by atoms with van der Waals surface area (Å²) in [5, 5.41) is 3.26. The molecule has 3 N–H and O–H groups in total. The molecule has 1 aliphatic heterocycles. The Labute approximate surface area is 69.9 Å². The van der Waals surface area contributed by atoms with E-state index in [0.29, 0.717) is 12.0 Å². The second-order valence-corrected chi connectivity index (χ2v) is 2.56. The molecule has 1 heterocycles. The quantitative estimate of drug-likeness (QED) is 0.559. The lowest BCUT2D eigenvalue weighted by atomic mass is 9.95. The summed E-state index contributed by atoms with van der Waals surface area (Å²) < 4.78 is 0. The van der Waals surface area contributed by atoms with E-state index in [1.807, 2.05) is 19.9 Å². The van der Waals surface area contributed by atoms with E-state index < -0.39 is 0 Å². The minimum absolute atomic E-state index is 0.337. The third-order valence-corrected chi connectivity index (χ3v) is 1.89. The minimum Gasteiger partial charge on any atom is -0.327 e. The van der Waals surface area contributed by atoms with Gasteiger partial charge in [-0.1, -0.05) is 19.9 Å². The van der Waals surface area contributed by atoms with Crippen molar-refractivity contribution in [2.75, 3.05) is 13.1 Å². The van der Waals surface area contributed by atoms with Gasteiger partial charge in [0.05, 0.1) is 0 Å². The van der Waals surface area contributed by atoms with E-state index in [1.165, 1.54) is 0 Å². The molecule has 1 aliphatic rings. The number of nitrogens with two attached hydrogens (primary N) is 1. The molecule has 1 fully saturated rings. The van der Waals surface area contributed by atoms with Crippen LogP contribution in [0.25, 0.3) is 0 Å². The van der Waals surface area contributed by atoms with Crippen molar-refractivity contribution in [3.8, 4) is 0 Å². The second-order valence-electron chi connectivity index (χ2n) is 2.56. The van der Waals surface area contributed by atoms with Crippen molar-refractivity contribution in [2.45, 2.75) is 26.3 Å². The van der Waals surface area contributed by atoms with Crippen LogP contribution in [0.3, 0.4) is 0 Å². The van der Waals surface area contributed by atoms with E-state index in [9.17, 15) is 0 Å². The fourth-order valence-electron chi connectivity index (χ4n) is 1.16. The van der Waals surface area contributed by atoms with Gasteiger partial charge in [0.15, 0.2) is 0 Å². The highest BCUT2D eigenvalue weighted by atomic mass is 14.9. The third-order valence-electron chi connectivity index (χ3n) is 1.89. The zero-order chi connectivity index (χ0) is 8.69. The van der Waals surface area contributed by atoms with Crippen molar-refractivity contribution < 1.29 is 0 Å². The van der Waals surface area contributed by atoms with Crippen LogP contribution in [-0.4, -0.2) is 19.1 Å². The van der Waals surface area contributed by atoms with Crippen LogP contribution in [0, 0.1) is 5.92 Å². The van der Waals surface area contributed by atoms with Gasteiger partial charge in [-0.15, -0.1) is 6.58 Å². The van der Waals surface area contributed by atoms with Gasteiger partial charge in [-0.05, 0) is 13.0 Å². The van der Waals surface area contributed by atoms with Crippen molar-refractivity contribution in [3.05, 3.63) is 12.7 Å². The lowest BCUT2D eigenvalue weighted by molar-refractivity contribution is 0.381. The van der Waals surface area contributed by atoms with E-state index in [0.717, 1.165) is 19.5 Å².